The van der Waals surface area contributed by atoms with E-state index in [0.717, 1.165) is 11.4 Å². The Kier molecular flexibility index (Phi) is 7.51. The normalized spacial score (nSPS) is 13.7. The van der Waals surface area contributed by atoms with E-state index in [1.54, 1.807) is 36.3 Å². The van der Waals surface area contributed by atoms with Crippen molar-refractivity contribution in [2.75, 3.05) is 63.3 Å². The van der Waals surface area contributed by atoms with Crippen LogP contribution in [0.25, 0.3) is 0 Å². The van der Waals surface area contributed by atoms with E-state index < -0.39 is 5.97 Å². The summed E-state index contributed by atoms with van der Waals surface area (Å²) >= 11 is 0. The number of anilines is 2. The minimum Gasteiger partial charge on any atom is -0.495 e. The molecule has 1 aliphatic heterocycles. The molecule has 1 amide bonds. The summed E-state index contributed by atoms with van der Waals surface area (Å²) in [4.78, 5) is 28.8. The SMILES string of the molecule is COc1ccccc1N1CCN(C(=O)COC(=O)c2ccccc2NCCO)CC1. The average molecular weight is 413 g/mol. The summed E-state index contributed by atoms with van der Waals surface area (Å²) in [6, 6.07) is 14.7. The highest BCUT2D eigenvalue weighted by Gasteiger charge is 2.24. The fourth-order valence-corrected chi connectivity index (χ4v) is 3.39. The fourth-order valence-electron chi connectivity index (χ4n) is 3.39. The lowest BCUT2D eigenvalue weighted by molar-refractivity contribution is -0.134. The van der Waals surface area contributed by atoms with Crippen LogP contribution in [0.1, 0.15) is 10.4 Å². The van der Waals surface area contributed by atoms with Crippen LogP contribution in [0, 0.1) is 0 Å². The van der Waals surface area contributed by atoms with Crippen LogP contribution in [0.5, 0.6) is 5.75 Å². The number of amides is 1. The van der Waals surface area contributed by atoms with Crippen molar-refractivity contribution in [3.05, 3.63) is 54.1 Å². The lowest BCUT2D eigenvalue weighted by Crippen LogP contribution is -2.50. The summed E-state index contributed by atoms with van der Waals surface area (Å²) in [6.07, 6.45) is 0. The molecular formula is C22H27N3O5. The van der Waals surface area contributed by atoms with E-state index in [4.69, 9.17) is 14.6 Å². The van der Waals surface area contributed by atoms with Gasteiger partial charge in [-0.15, -0.1) is 0 Å². The third kappa shape index (κ3) is 5.21. The molecule has 160 valence electrons. The van der Waals surface area contributed by atoms with Crippen LogP contribution in [0.4, 0.5) is 11.4 Å². The van der Waals surface area contributed by atoms with E-state index in [2.05, 4.69) is 10.2 Å². The molecule has 1 fully saturated rings. The molecule has 0 unspecified atom stereocenters. The van der Waals surface area contributed by atoms with Gasteiger partial charge in [0.2, 0.25) is 0 Å². The quantitative estimate of drug-likeness (QED) is 0.635. The number of carbonyl (C=O) groups excluding carboxylic acids is 2. The summed E-state index contributed by atoms with van der Waals surface area (Å²) in [5.74, 6) is 0.0144. The zero-order chi connectivity index (χ0) is 21.3. The van der Waals surface area contributed by atoms with E-state index in [0.29, 0.717) is 44.0 Å². The van der Waals surface area contributed by atoms with Crippen LogP contribution >= 0.6 is 0 Å². The van der Waals surface area contributed by atoms with Crippen molar-refractivity contribution in [1.29, 1.82) is 0 Å². The Morgan fingerprint density at radius 1 is 1.03 bits per heavy atom. The predicted molar refractivity (Wildman–Crippen MR) is 114 cm³/mol. The second-order valence-electron chi connectivity index (χ2n) is 6.81. The van der Waals surface area contributed by atoms with Gasteiger partial charge in [0.25, 0.3) is 5.91 Å². The van der Waals surface area contributed by atoms with E-state index in [9.17, 15) is 9.59 Å². The zero-order valence-corrected chi connectivity index (χ0v) is 17.0. The number of esters is 1. The largest absolute Gasteiger partial charge is 0.495 e. The number of nitrogens with zero attached hydrogens (tertiary/aromatic N) is 2. The molecule has 3 rings (SSSR count). The molecule has 0 radical (unpaired) electrons. The van der Waals surface area contributed by atoms with Crippen molar-refractivity contribution in [2.24, 2.45) is 0 Å². The van der Waals surface area contributed by atoms with Gasteiger partial charge in [0.15, 0.2) is 6.61 Å². The van der Waals surface area contributed by atoms with Gasteiger partial charge in [0, 0.05) is 38.4 Å². The van der Waals surface area contributed by atoms with Crippen LogP contribution in [0.15, 0.2) is 48.5 Å². The number of methoxy groups -OCH3 is 1. The summed E-state index contributed by atoms with van der Waals surface area (Å²) in [7, 11) is 1.64. The Balaban J connectivity index is 1.51. The molecule has 2 aromatic carbocycles. The van der Waals surface area contributed by atoms with Crippen LogP contribution in [0.3, 0.4) is 0 Å². The Morgan fingerprint density at radius 2 is 1.73 bits per heavy atom. The second kappa shape index (κ2) is 10.5. The van der Waals surface area contributed by atoms with Gasteiger partial charge < -0.3 is 29.7 Å². The van der Waals surface area contributed by atoms with Crippen molar-refractivity contribution >= 4 is 23.3 Å². The molecule has 0 spiro atoms. The van der Waals surface area contributed by atoms with Crippen molar-refractivity contribution in [3.63, 3.8) is 0 Å². The summed E-state index contributed by atoms with van der Waals surface area (Å²) < 4.78 is 10.7. The average Bonchev–Trinajstić information content (AvgIpc) is 2.81. The number of aliphatic hydroxyl groups is 1. The first kappa shape index (κ1) is 21.4. The van der Waals surface area contributed by atoms with E-state index in [1.807, 2.05) is 24.3 Å². The number of piperazine rings is 1. The summed E-state index contributed by atoms with van der Waals surface area (Å²) in [6.45, 7) is 2.40. The number of para-hydroxylation sites is 3. The number of hydrogen-bond donors (Lipinski definition) is 2. The molecule has 0 atom stereocenters. The molecule has 2 N–H and O–H groups in total. The minimum atomic E-state index is -0.572. The first-order valence-electron chi connectivity index (χ1n) is 9.90. The van der Waals surface area contributed by atoms with Crippen LogP contribution < -0.4 is 15.0 Å². The number of aliphatic hydroxyl groups excluding tert-OH is 1. The lowest BCUT2D eigenvalue weighted by atomic mass is 10.2. The third-order valence-electron chi connectivity index (χ3n) is 4.96. The van der Waals surface area contributed by atoms with Crippen LogP contribution in [0.2, 0.25) is 0 Å². The maximum absolute atomic E-state index is 12.5. The first-order valence-corrected chi connectivity index (χ1v) is 9.90. The van der Waals surface area contributed by atoms with E-state index in [-0.39, 0.29) is 19.1 Å². The van der Waals surface area contributed by atoms with Gasteiger partial charge >= 0.3 is 5.97 Å². The number of carbonyl (C=O) groups is 2. The highest BCUT2D eigenvalue weighted by molar-refractivity contribution is 5.96. The zero-order valence-electron chi connectivity index (χ0n) is 17.0. The number of rotatable bonds is 8. The fraction of sp³-hybridized carbons (Fsp3) is 0.364. The van der Waals surface area contributed by atoms with E-state index >= 15 is 0 Å². The van der Waals surface area contributed by atoms with Crippen molar-refractivity contribution < 1.29 is 24.2 Å². The molecule has 1 heterocycles. The Bertz CT molecular complexity index is 865. The van der Waals surface area contributed by atoms with Gasteiger partial charge in [-0.3, -0.25) is 4.79 Å². The highest BCUT2D eigenvalue weighted by atomic mass is 16.5. The van der Waals surface area contributed by atoms with Crippen molar-refractivity contribution in [1.82, 2.24) is 4.90 Å². The Labute approximate surface area is 176 Å². The number of hydrogen-bond acceptors (Lipinski definition) is 7. The van der Waals surface area contributed by atoms with Gasteiger partial charge in [0.05, 0.1) is 25.0 Å². The maximum atomic E-state index is 12.5. The van der Waals surface area contributed by atoms with Crippen LogP contribution in [-0.4, -0.2) is 74.9 Å². The molecule has 0 saturated carbocycles. The molecule has 30 heavy (non-hydrogen) atoms. The van der Waals surface area contributed by atoms with Crippen molar-refractivity contribution in [3.8, 4) is 5.75 Å². The molecule has 8 nitrogen and oxygen atoms in total. The molecule has 2 aromatic rings. The minimum absolute atomic E-state index is 0.0529. The predicted octanol–water partition coefficient (Wildman–Crippen LogP) is 1.60. The molecular weight excluding hydrogens is 386 g/mol. The number of benzene rings is 2. The molecule has 0 aliphatic carbocycles. The summed E-state index contributed by atoms with van der Waals surface area (Å²) in [5.41, 5.74) is 1.90. The van der Waals surface area contributed by atoms with Gasteiger partial charge in [0.1, 0.15) is 5.75 Å². The van der Waals surface area contributed by atoms with Crippen LogP contribution in [-0.2, 0) is 9.53 Å². The molecule has 1 saturated heterocycles. The molecule has 8 heteroatoms. The van der Waals surface area contributed by atoms with Gasteiger partial charge in [-0.1, -0.05) is 24.3 Å². The smallest absolute Gasteiger partial charge is 0.340 e. The van der Waals surface area contributed by atoms with Gasteiger partial charge in [-0.2, -0.15) is 0 Å². The molecule has 0 aromatic heterocycles. The lowest BCUT2D eigenvalue weighted by Gasteiger charge is -2.36. The van der Waals surface area contributed by atoms with Crippen molar-refractivity contribution in [2.45, 2.75) is 0 Å². The summed E-state index contributed by atoms with van der Waals surface area (Å²) in [5, 5.41) is 11.9. The number of nitrogens with one attached hydrogen (secondary N) is 1. The maximum Gasteiger partial charge on any atom is 0.340 e. The van der Waals surface area contributed by atoms with E-state index in [1.165, 1.54) is 0 Å². The third-order valence-corrected chi connectivity index (χ3v) is 4.96. The molecule has 0 bridgehead atoms. The molecule has 1 aliphatic rings. The monoisotopic (exact) mass is 413 g/mol. The van der Waals surface area contributed by atoms with Gasteiger partial charge in [-0.05, 0) is 24.3 Å². The topological polar surface area (TPSA) is 91.3 Å². The number of ether oxygens (including phenoxy) is 2. The Morgan fingerprint density at radius 3 is 2.47 bits per heavy atom. The van der Waals surface area contributed by atoms with Gasteiger partial charge in [-0.25, -0.2) is 4.79 Å². The highest BCUT2D eigenvalue weighted by Crippen LogP contribution is 2.28. The standard InChI is InChI=1S/C22H27N3O5/c1-29-20-9-5-4-8-19(20)24-11-13-25(14-12-24)21(27)16-30-22(28)17-6-2-3-7-18(17)23-10-15-26/h2-9,23,26H,10-16H2,1H3. The second-order valence-corrected chi connectivity index (χ2v) is 6.81. The Hall–Kier alpha value is -3.26. The first-order chi connectivity index (χ1) is 14.6.